The summed E-state index contributed by atoms with van der Waals surface area (Å²) in [6, 6.07) is 6.51. The van der Waals surface area contributed by atoms with Gasteiger partial charge in [-0.15, -0.1) is 0 Å². The van der Waals surface area contributed by atoms with Crippen molar-refractivity contribution in [2.75, 3.05) is 7.11 Å². The fraction of sp³-hybridized carbons (Fsp3) is 0.550. The number of ether oxygens (including phenoxy) is 1. The molecule has 0 saturated heterocycles. The number of Topliss-reactive ketones (excluding diaryl/α,β-unsaturated/α-hetero) is 1. The van der Waals surface area contributed by atoms with Gasteiger partial charge in [0.25, 0.3) is 0 Å². The molecule has 0 aliphatic heterocycles. The fourth-order valence-electron chi connectivity index (χ4n) is 5.27. The summed E-state index contributed by atoms with van der Waals surface area (Å²) in [6.07, 6.45) is 6.49. The molecule has 2 saturated carbocycles. The van der Waals surface area contributed by atoms with Gasteiger partial charge in [0.05, 0.1) is 7.11 Å². The largest absolute Gasteiger partial charge is 0.497 e. The van der Waals surface area contributed by atoms with Crippen LogP contribution < -0.4 is 4.74 Å². The van der Waals surface area contributed by atoms with E-state index in [4.69, 9.17) is 4.74 Å². The molecule has 0 amide bonds. The molecule has 22 heavy (non-hydrogen) atoms. The van der Waals surface area contributed by atoms with Crippen LogP contribution in [-0.4, -0.2) is 12.9 Å². The van der Waals surface area contributed by atoms with Gasteiger partial charge in [0.1, 0.15) is 11.5 Å². The van der Waals surface area contributed by atoms with Crippen molar-refractivity contribution in [3.05, 3.63) is 35.4 Å². The average molecular weight is 296 g/mol. The zero-order valence-corrected chi connectivity index (χ0v) is 13.7. The summed E-state index contributed by atoms with van der Waals surface area (Å²) in [5.74, 6) is 3.08. The second-order valence-electron chi connectivity index (χ2n) is 7.51. The Balaban J connectivity index is 1.79. The molecule has 3 aliphatic rings. The van der Waals surface area contributed by atoms with Gasteiger partial charge in [-0.05, 0) is 72.8 Å². The number of rotatable bonds is 1. The number of hydrogen-bond donors (Lipinski definition) is 0. The SMILES string of the molecule is COc1ccc2c(c1)C(C)=C[C@@H]1[C@@H]2CC[C@]2(C)C(=O)CC[C@@H]12. The van der Waals surface area contributed by atoms with Crippen molar-refractivity contribution in [1.29, 1.82) is 0 Å². The molecule has 0 radical (unpaired) electrons. The molecule has 4 atom stereocenters. The lowest BCUT2D eigenvalue weighted by Gasteiger charge is -2.47. The topological polar surface area (TPSA) is 26.3 Å². The molecule has 0 heterocycles. The second-order valence-corrected chi connectivity index (χ2v) is 7.51. The van der Waals surface area contributed by atoms with Gasteiger partial charge in [-0.2, -0.15) is 0 Å². The number of hydrogen-bond acceptors (Lipinski definition) is 2. The summed E-state index contributed by atoms with van der Waals surface area (Å²) in [5.41, 5.74) is 4.08. The highest BCUT2D eigenvalue weighted by atomic mass is 16.5. The summed E-state index contributed by atoms with van der Waals surface area (Å²) in [4.78, 5) is 12.4. The monoisotopic (exact) mass is 296 g/mol. The number of carbonyl (C=O) groups excluding carboxylic acids is 1. The Morgan fingerprint density at radius 1 is 1.27 bits per heavy atom. The summed E-state index contributed by atoms with van der Waals surface area (Å²) < 4.78 is 5.39. The standard InChI is InChI=1S/C20H24O2/c1-12-10-17-15(14-5-4-13(22-3)11-16(12)14)8-9-20(2)18(17)6-7-19(20)21/h4-5,10-11,15,17-18H,6-9H2,1-3H3/t15-,17-,18+,20+/m1/s1. The maximum absolute atomic E-state index is 12.4. The first-order valence-electron chi connectivity index (χ1n) is 8.44. The molecule has 1 aromatic rings. The Morgan fingerprint density at radius 3 is 2.86 bits per heavy atom. The van der Waals surface area contributed by atoms with E-state index < -0.39 is 0 Å². The highest BCUT2D eigenvalue weighted by molar-refractivity contribution is 5.87. The van der Waals surface area contributed by atoms with Crippen LogP contribution in [0.5, 0.6) is 5.75 Å². The number of benzene rings is 1. The zero-order valence-electron chi connectivity index (χ0n) is 13.7. The number of ketones is 1. The van der Waals surface area contributed by atoms with E-state index in [9.17, 15) is 4.79 Å². The first kappa shape index (κ1) is 14.0. The van der Waals surface area contributed by atoms with Gasteiger partial charge in [-0.25, -0.2) is 0 Å². The molecule has 2 heteroatoms. The predicted octanol–water partition coefficient (Wildman–Crippen LogP) is 4.59. The molecule has 116 valence electrons. The van der Waals surface area contributed by atoms with Gasteiger partial charge in [-0.3, -0.25) is 4.79 Å². The van der Waals surface area contributed by atoms with E-state index in [0.29, 0.717) is 23.5 Å². The molecular formula is C20H24O2. The second kappa shape index (κ2) is 4.71. The number of carbonyl (C=O) groups is 1. The molecule has 2 fully saturated rings. The van der Waals surface area contributed by atoms with Crippen molar-refractivity contribution in [3.8, 4) is 5.75 Å². The van der Waals surface area contributed by atoms with Crippen LogP contribution in [0, 0.1) is 17.3 Å². The van der Waals surface area contributed by atoms with Crippen LogP contribution >= 0.6 is 0 Å². The van der Waals surface area contributed by atoms with Crippen LogP contribution in [0.15, 0.2) is 24.3 Å². The minimum atomic E-state index is -0.0675. The highest BCUT2D eigenvalue weighted by Crippen LogP contribution is 2.59. The van der Waals surface area contributed by atoms with Gasteiger partial charge in [0.2, 0.25) is 0 Å². The smallest absolute Gasteiger partial charge is 0.139 e. The molecule has 0 N–H and O–H groups in total. The average Bonchev–Trinajstić information content (AvgIpc) is 2.83. The van der Waals surface area contributed by atoms with Crippen LogP contribution in [0.3, 0.4) is 0 Å². The lowest BCUT2D eigenvalue weighted by atomic mass is 9.56. The molecule has 0 unspecified atom stereocenters. The van der Waals surface area contributed by atoms with E-state index in [-0.39, 0.29) is 5.41 Å². The normalized spacial score (nSPS) is 36.2. The maximum Gasteiger partial charge on any atom is 0.139 e. The summed E-state index contributed by atoms with van der Waals surface area (Å²) in [7, 11) is 1.72. The van der Waals surface area contributed by atoms with Crippen molar-refractivity contribution >= 4 is 11.4 Å². The third-order valence-corrected chi connectivity index (χ3v) is 6.57. The summed E-state index contributed by atoms with van der Waals surface area (Å²) in [5, 5.41) is 0. The maximum atomic E-state index is 12.4. The van der Waals surface area contributed by atoms with E-state index >= 15 is 0 Å². The third kappa shape index (κ3) is 1.76. The third-order valence-electron chi connectivity index (χ3n) is 6.57. The summed E-state index contributed by atoms with van der Waals surface area (Å²) >= 11 is 0. The number of fused-ring (bicyclic) bond motifs is 5. The first-order chi connectivity index (χ1) is 10.5. The van der Waals surface area contributed by atoms with Crippen molar-refractivity contribution in [1.82, 2.24) is 0 Å². The van der Waals surface area contributed by atoms with E-state index in [0.717, 1.165) is 31.4 Å². The molecule has 0 spiro atoms. The van der Waals surface area contributed by atoms with Crippen molar-refractivity contribution in [2.24, 2.45) is 17.3 Å². The van der Waals surface area contributed by atoms with E-state index in [1.54, 1.807) is 7.11 Å². The summed E-state index contributed by atoms with van der Waals surface area (Å²) in [6.45, 7) is 4.42. The van der Waals surface area contributed by atoms with E-state index in [2.05, 4.69) is 38.1 Å². The molecule has 3 aliphatic carbocycles. The zero-order chi connectivity index (χ0) is 15.5. The van der Waals surface area contributed by atoms with Gasteiger partial charge in [0.15, 0.2) is 0 Å². The highest BCUT2D eigenvalue weighted by Gasteiger charge is 2.54. The van der Waals surface area contributed by atoms with Crippen LogP contribution in [0.4, 0.5) is 0 Å². The Hall–Kier alpha value is -1.57. The lowest BCUT2D eigenvalue weighted by molar-refractivity contribution is -0.128. The minimum absolute atomic E-state index is 0.0675. The molecule has 4 rings (SSSR count). The van der Waals surface area contributed by atoms with Crippen LogP contribution in [0.25, 0.3) is 5.57 Å². The van der Waals surface area contributed by atoms with Crippen molar-refractivity contribution < 1.29 is 9.53 Å². The van der Waals surface area contributed by atoms with Crippen LogP contribution in [0.1, 0.15) is 56.6 Å². The quantitative estimate of drug-likeness (QED) is 0.757. The molecule has 1 aromatic carbocycles. The number of allylic oxidation sites excluding steroid dienone is 2. The molecule has 0 bridgehead atoms. The number of methoxy groups -OCH3 is 1. The van der Waals surface area contributed by atoms with Gasteiger partial charge in [0, 0.05) is 11.8 Å². The fourth-order valence-corrected chi connectivity index (χ4v) is 5.27. The Bertz CT molecular complexity index is 672. The first-order valence-corrected chi connectivity index (χ1v) is 8.44. The van der Waals surface area contributed by atoms with Gasteiger partial charge >= 0.3 is 0 Å². The Kier molecular flexibility index (Phi) is 3.01. The van der Waals surface area contributed by atoms with Crippen molar-refractivity contribution in [3.63, 3.8) is 0 Å². The Morgan fingerprint density at radius 2 is 2.09 bits per heavy atom. The lowest BCUT2D eigenvalue weighted by Crippen LogP contribution is -2.41. The van der Waals surface area contributed by atoms with Crippen LogP contribution in [-0.2, 0) is 4.79 Å². The van der Waals surface area contributed by atoms with Crippen LogP contribution in [0.2, 0.25) is 0 Å². The Labute approximate surface area is 132 Å². The molecule has 2 nitrogen and oxygen atoms in total. The van der Waals surface area contributed by atoms with Crippen molar-refractivity contribution in [2.45, 2.75) is 45.4 Å². The van der Waals surface area contributed by atoms with E-state index in [1.807, 2.05) is 0 Å². The minimum Gasteiger partial charge on any atom is -0.497 e. The van der Waals surface area contributed by atoms with Gasteiger partial charge < -0.3 is 4.74 Å². The molecular weight excluding hydrogens is 272 g/mol. The predicted molar refractivity (Wildman–Crippen MR) is 87.9 cm³/mol. The van der Waals surface area contributed by atoms with E-state index in [1.165, 1.54) is 16.7 Å². The van der Waals surface area contributed by atoms with Gasteiger partial charge in [-0.1, -0.05) is 19.1 Å². The molecule has 0 aromatic heterocycles.